The van der Waals surface area contributed by atoms with Gasteiger partial charge in [-0.3, -0.25) is 9.59 Å². The Balaban J connectivity index is 1.96. The van der Waals surface area contributed by atoms with Crippen LogP contribution < -0.4 is 16.0 Å². The number of benzene rings is 2. The fraction of sp³-hybridized carbons (Fsp3) is 0.348. The van der Waals surface area contributed by atoms with Crippen LogP contribution in [-0.4, -0.2) is 35.3 Å². The van der Waals surface area contributed by atoms with Gasteiger partial charge in [-0.05, 0) is 56.7 Å². The second kappa shape index (κ2) is 9.57. The molecule has 0 unspecified atom stereocenters. The van der Waals surface area contributed by atoms with Crippen molar-refractivity contribution in [1.29, 1.82) is 0 Å². The van der Waals surface area contributed by atoms with Crippen molar-refractivity contribution in [2.75, 3.05) is 10.7 Å². The molecular weight excluding hydrogens is 471 g/mol. The van der Waals surface area contributed by atoms with Gasteiger partial charge in [0.25, 0.3) is 5.91 Å². The number of halogens is 3. The lowest BCUT2D eigenvalue weighted by Gasteiger charge is -2.27. The molecule has 1 aliphatic rings. The van der Waals surface area contributed by atoms with Crippen molar-refractivity contribution in [2.45, 2.75) is 50.0 Å². The third-order valence-electron chi connectivity index (χ3n) is 4.82. The summed E-state index contributed by atoms with van der Waals surface area (Å²) in [6.07, 6.45) is -5.26. The molecule has 1 heterocycles. The van der Waals surface area contributed by atoms with Crippen LogP contribution in [0, 0.1) is 0 Å². The van der Waals surface area contributed by atoms with Crippen molar-refractivity contribution in [3.05, 3.63) is 59.2 Å². The molecule has 0 aromatic heterocycles. The number of alkyl carbamates (subject to hydrolysis) is 1. The zero-order valence-corrected chi connectivity index (χ0v) is 19.5. The first-order valence-electron chi connectivity index (χ1n) is 10.3. The Morgan fingerprint density at radius 2 is 1.79 bits per heavy atom. The van der Waals surface area contributed by atoms with Crippen LogP contribution >= 0.6 is 11.8 Å². The summed E-state index contributed by atoms with van der Waals surface area (Å²) in [4.78, 5) is 39.5. The number of primary amides is 1. The Labute approximate surface area is 198 Å². The van der Waals surface area contributed by atoms with E-state index < -0.39 is 41.3 Å². The summed E-state index contributed by atoms with van der Waals surface area (Å²) < 4.78 is 44.1. The van der Waals surface area contributed by atoms with Gasteiger partial charge in [0.2, 0.25) is 5.91 Å². The number of hydrogen-bond donors (Lipinski definition) is 2. The van der Waals surface area contributed by atoms with E-state index in [1.165, 1.54) is 40.9 Å². The summed E-state index contributed by atoms with van der Waals surface area (Å²) in [7, 11) is 0. The molecule has 0 aliphatic carbocycles. The maximum atomic E-state index is 13.5. The fourth-order valence-corrected chi connectivity index (χ4v) is 4.31. The van der Waals surface area contributed by atoms with E-state index in [1.807, 2.05) is 0 Å². The van der Waals surface area contributed by atoms with E-state index in [2.05, 4.69) is 5.32 Å². The molecule has 7 nitrogen and oxygen atoms in total. The molecule has 3 amide bonds. The van der Waals surface area contributed by atoms with Gasteiger partial charge in [0.15, 0.2) is 0 Å². The van der Waals surface area contributed by atoms with Crippen LogP contribution in [0.2, 0.25) is 0 Å². The summed E-state index contributed by atoms with van der Waals surface area (Å²) in [5, 5.41) is 2.57. The molecule has 0 radical (unpaired) electrons. The molecule has 0 fully saturated rings. The first kappa shape index (κ1) is 25.4. The van der Waals surface area contributed by atoms with E-state index >= 15 is 0 Å². The number of anilines is 1. The van der Waals surface area contributed by atoms with Crippen LogP contribution in [0.15, 0.2) is 47.4 Å². The molecule has 2 aromatic carbocycles. The number of nitrogens with one attached hydrogen (secondary N) is 1. The van der Waals surface area contributed by atoms with Crippen molar-refractivity contribution < 1.29 is 32.3 Å². The summed E-state index contributed by atoms with van der Waals surface area (Å²) >= 11 is 1.29. The van der Waals surface area contributed by atoms with Crippen LogP contribution in [0.25, 0.3) is 0 Å². The molecule has 0 bridgehead atoms. The lowest BCUT2D eigenvalue weighted by Crippen LogP contribution is -2.50. The monoisotopic (exact) mass is 495 g/mol. The van der Waals surface area contributed by atoms with Crippen molar-refractivity contribution in [3.63, 3.8) is 0 Å². The number of thioether (sulfide) groups is 1. The number of nitrogens with two attached hydrogens (primary N) is 1. The van der Waals surface area contributed by atoms with Crippen molar-refractivity contribution in [2.24, 2.45) is 5.73 Å². The zero-order valence-electron chi connectivity index (χ0n) is 18.7. The first-order valence-corrected chi connectivity index (χ1v) is 11.3. The highest BCUT2D eigenvalue weighted by Crippen LogP contribution is 2.36. The minimum atomic E-state index is -4.49. The van der Waals surface area contributed by atoms with Crippen LogP contribution in [0.5, 0.6) is 0 Å². The maximum absolute atomic E-state index is 13.5. The van der Waals surface area contributed by atoms with Gasteiger partial charge >= 0.3 is 12.3 Å². The first-order chi connectivity index (χ1) is 15.7. The number of carbonyl (C=O) groups excluding carboxylic acids is 3. The minimum Gasteiger partial charge on any atom is -0.444 e. The predicted molar refractivity (Wildman–Crippen MR) is 121 cm³/mol. The standard InChI is InChI=1S/C23H24F3N3O4S/c1-22(2,3)33-21(32)28-16-12-34-18-9-6-14(19(27)30)10-17(18)29(20(16)31)11-13-4-7-15(8-5-13)23(24,25)26/h4-10,16H,11-12H2,1-3H3,(H2,27,30)(H,28,32)/t16-/m0/s1. The number of hydrogen-bond acceptors (Lipinski definition) is 5. The second-order valence-corrected chi connectivity index (χ2v) is 9.74. The Hall–Kier alpha value is -3.21. The lowest BCUT2D eigenvalue weighted by atomic mass is 10.1. The number of fused-ring (bicyclic) bond motifs is 1. The van der Waals surface area contributed by atoms with Gasteiger partial charge in [0.05, 0.1) is 17.8 Å². The smallest absolute Gasteiger partial charge is 0.416 e. The normalized spacial score (nSPS) is 16.5. The van der Waals surface area contributed by atoms with E-state index in [0.29, 0.717) is 16.1 Å². The third kappa shape index (κ3) is 6.22. The number of amides is 3. The maximum Gasteiger partial charge on any atom is 0.416 e. The van der Waals surface area contributed by atoms with Crippen molar-refractivity contribution in [3.8, 4) is 0 Å². The molecule has 3 N–H and O–H groups in total. The average Bonchev–Trinajstić information content (AvgIpc) is 2.84. The second-order valence-electron chi connectivity index (χ2n) is 8.68. The van der Waals surface area contributed by atoms with Crippen LogP contribution in [0.3, 0.4) is 0 Å². The molecule has 2 aromatic rings. The molecule has 34 heavy (non-hydrogen) atoms. The average molecular weight is 496 g/mol. The number of nitrogens with zero attached hydrogens (tertiary/aromatic N) is 1. The highest BCUT2D eigenvalue weighted by molar-refractivity contribution is 7.99. The molecule has 182 valence electrons. The molecule has 0 saturated carbocycles. The summed E-state index contributed by atoms with van der Waals surface area (Å²) in [6.45, 7) is 4.98. The molecule has 0 saturated heterocycles. The molecule has 1 aliphatic heterocycles. The van der Waals surface area contributed by atoms with Crippen molar-refractivity contribution in [1.82, 2.24) is 5.32 Å². The number of ether oxygens (including phenoxy) is 1. The van der Waals surface area contributed by atoms with E-state index in [9.17, 15) is 27.6 Å². The Morgan fingerprint density at radius 3 is 2.35 bits per heavy atom. The van der Waals surface area contributed by atoms with Gasteiger partial charge in [0, 0.05) is 16.2 Å². The lowest BCUT2D eigenvalue weighted by molar-refractivity contribution is -0.137. The Kier molecular flexibility index (Phi) is 7.15. The van der Waals surface area contributed by atoms with Gasteiger partial charge in [0.1, 0.15) is 11.6 Å². The summed E-state index contributed by atoms with van der Waals surface area (Å²) in [5.41, 5.74) is 4.79. The third-order valence-corrected chi connectivity index (χ3v) is 5.97. The summed E-state index contributed by atoms with van der Waals surface area (Å²) in [5.74, 6) is -1.01. The van der Waals surface area contributed by atoms with E-state index in [0.717, 1.165) is 12.1 Å². The number of alkyl halides is 3. The van der Waals surface area contributed by atoms with Crippen LogP contribution in [-0.2, 0) is 22.3 Å². The Bertz CT molecular complexity index is 1100. The SMILES string of the molecule is CC(C)(C)OC(=O)N[C@H]1CSc2ccc(C(N)=O)cc2N(Cc2ccc(C(F)(F)F)cc2)C1=O. The van der Waals surface area contributed by atoms with E-state index in [4.69, 9.17) is 10.5 Å². The predicted octanol–water partition coefficient (Wildman–Crippen LogP) is 4.34. The van der Waals surface area contributed by atoms with Crippen LogP contribution in [0.1, 0.15) is 42.3 Å². The molecule has 3 rings (SSSR count). The molecule has 0 spiro atoms. The molecule has 11 heteroatoms. The number of carbonyl (C=O) groups is 3. The largest absolute Gasteiger partial charge is 0.444 e. The minimum absolute atomic E-state index is 0.0841. The Morgan fingerprint density at radius 1 is 1.15 bits per heavy atom. The van der Waals surface area contributed by atoms with Gasteiger partial charge in [-0.1, -0.05) is 12.1 Å². The van der Waals surface area contributed by atoms with Crippen LogP contribution in [0.4, 0.5) is 23.7 Å². The van der Waals surface area contributed by atoms with Gasteiger partial charge in [-0.25, -0.2) is 4.79 Å². The quantitative estimate of drug-likeness (QED) is 0.657. The molecule has 1 atom stereocenters. The highest BCUT2D eigenvalue weighted by Gasteiger charge is 2.34. The number of rotatable bonds is 4. The van der Waals surface area contributed by atoms with Crippen molar-refractivity contribution >= 4 is 35.4 Å². The van der Waals surface area contributed by atoms with Gasteiger partial charge in [-0.2, -0.15) is 13.2 Å². The zero-order chi connectivity index (χ0) is 25.3. The van der Waals surface area contributed by atoms with E-state index in [-0.39, 0.29) is 17.9 Å². The highest BCUT2D eigenvalue weighted by atomic mass is 32.2. The van der Waals surface area contributed by atoms with Gasteiger partial charge < -0.3 is 20.7 Å². The van der Waals surface area contributed by atoms with E-state index in [1.54, 1.807) is 26.8 Å². The summed E-state index contributed by atoms with van der Waals surface area (Å²) in [6, 6.07) is 8.08. The van der Waals surface area contributed by atoms with Gasteiger partial charge in [-0.15, -0.1) is 11.8 Å². The fourth-order valence-electron chi connectivity index (χ4n) is 3.25. The molecular formula is C23H24F3N3O4S. The topological polar surface area (TPSA) is 102 Å².